The standard InChI is InChI=1S/C15H29N3O2/c1-15(2,18-7-9-20-10-8-18)12-17-14(19)11-13-3-5-16-6-4-13/h13,16H,3-12H2,1-2H3,(H,17,19). The maximum Gasteiger partial charge on any atom is 0.220 e. The van der Waals surface area contributed by atoms with Crippen molar-refractivity contribution < 1.29 is 9.53 Å². The minimum absolute atomic E-state index is 0.00750. The average Bonchev–Trinajstić information content (AvgIpc) is 2.47. The summed E-state index contributed by atoms with van der Waals surface area (Å²) >= 11 is 0. The van der Waals surface area contributed by atoms with Crippen molar-refractivity contribution in [3.63, 3.8) is 0 Å². The Kier molecular flexibility index (Phi) is 5.81. The monoisotopic (exact) mass is 283 g/mol. The highest BCUT2D eigenvalue weighted by Gasteiger charge is 2.28. The minimum Gasteiger partial charge on any atom is -0.379 e. The van der Waals surface area contributed by atoms with Gasteiger partial charge in [-0.1, -0.05) is 0 Å². The van der Waals surface area contributed by atoms with Crippen LogP contribution in [0.4, 0.5) is 0 Å². The van der Waals surface area contributed by atoms with Crippen LogP contribution < -0.4 is 10.6 Å². The normalized spacial score (nSPS) is 22.7. The number of nitrogens with zero attached hydrogens (tertiary/aromatic N) is 1. The molecule has 0 atom stereocenters. The zero-order valence-electron chi connectivity index (χ0n) is 12.9. The van der Waals surface area contributed by atoms with Gasteiger partial charge in [0.1, 0.15) is 0 Å². The molecule has 0 aromatic carbocycles. The zero-order chi connectivity index (χ0) is 14.4. The summed E-state index contributed by atoms with van der Waals surface area (Å²) in [5.74, 6) is 0.765. The van der Waals surface area contributed by atoms with Gasteiger partial charge in [-0.2, -0.15) is 0 Å². The van der Waals surface area contributed by atoms with Crippen LogP contribution in [0.25, 0.3) is 0 Å². The highest BCUT2D eigenvalue weighted by Crippen LogP contribution is 2.17. The Morgan fingerprint density at radius 3 is 2.60 bits per heavy atom. The Morgan fingerprint density at radius 2 is 1.95 bits per heavy atom. The number of carbonyl (C=O) groups is 1. The van der Waals surface area contributed by atoms with E-state index in [9.17, 15) is 4.79 Å². The Bertz CT molecular complexity index is 308. The predicted octanol–water partition coefficient (Wildman–Crippen LogP) is 0.603. The van der Waals surface area contributed by atoms with Crippen molar-refractivity contribution in [1.29, 1.82) is 0 Å². The first-order valence-corrected chi connectivity index (χ1v) is 7.88. The lowest BCUT2D eigenvalue weighted by atomic mass is 9.94. The first-order valence-electron chi connectivity index (χ1n) is 7.88. The van der Waals surface area contributed by atoms with Gasteiger partial charge in [0.05, 0.1) is 13.2 Å². The summed E-state index contributed by atoms with van der Waals surface area (Å²) in [6, 6.07) is 0. The minimum atomic E-state index is 0.00750. The molecule has 2 rings (SSSR count). The maximum atomic E-state index is 12.1. The molecule has 0 saturated carbocycles. The van der Waals surface area contributed by atoms with Crippen molar-refractivity contribution in [1.82, 2.24) is 15.5 Å². The zero-order valence-corrected chi connectivity index (χ0v) is 12.9. The van der Waals surface area contributed by atoms with Gasteiger partial charge in [0.25, 0.3) is 0 Å². The van der Waals surface area contributed by atoms with Gasteiger partial charge in [-0.25, -0.2) is 0 Å². The van der Waals surface area contributed by atoms with Crippen molar-refractivity contribution >= 4 is 5.91 Å². The Hall–Kier alpha value is -0.650. The molecule has 20 heavy (non-hydrogen) atoms. The van der Waals surface area contributed by atoms with E-state index in [2.05, 4.69) is 29.4 Å². The van der Waals surface area contributed by atoms with Gasteiger partial charge in [0, 0.05) is 31.6 Å². The summed E-state index contributed by atoms with van der Waals surface area (Å²) < 4.78 is 5.39. The van der Waals surface area contributed by atoms with Crippen LogP contribution >= 0.6 is 0 Å². The van der Waals surface area contributed by atoms with E-state index in [1.54, 1.807) is 0 Å². The van der Waals surface area contributed by atoms with E-state index in [0.717, 1.165) is 58.8 Å². The second kappa shape index (κ2) is 7.38. The second-order valence-corrected chi connectivity index (χ2v) is 6.59. The summed E-state index contributed by atoms with van der Waals surface area (Å²) in [5.41, 5.74) is 0.00750. The molecule has 2 aliphatic rings. The molecular formula is C15H29N3O2. The second-order valence-electron chi connectivity index (χ2n) is 6.59. The van der Waals surface area contributed by atoms with Crippen LogP contribution in [0.1, 0.15) is 33.1 Å². The van der Waals surface area contributed by atoms with Crippen LogP contribution in [0.3, 0.4) is 0 Å². The first kappa shape index (κ1) is 15.7. The lowest BCUT2D eigenvalue weighted by Crippen LogP contribution is -2.55. The van der Waals surface area contributed by atoms with E-state index >= 15 is 0 Å². The maximum absolute atomic E-state index is 12.1. The molecule has 0 bridgehead atoms. The van der Waals surface area contributed by atoms with Crippen LogP contribution in [0, 0.1) is 5.92 Å². The molecule has 0 radical (unpaired) electrons. The quantitative estimate of drug-likeness (QED) is 0.776. The summed E-state index contributed by atoms with van der Waals surface area (Å²) in [6.07, 6.45) is 2.93. The van der Waals surface area contributed by atoms with Crippen molar-refractivity contribution in [2.24, 2.45) is 5.92 Å². The Balaban J connectivity index is 1.70. The lowest BCUT2D eigenvalue weighted by molar-refractivity contribution is -0.123. The van der Waals surface area contributed by atoms with Crippen molar-refractivity contribution in [3.8, 4) is 0 Å². The molecule has 0 aromatic rings. The third kappa shape index (κ3) is 4.72. The van der Waals surface area contributed by atoms with Crippen LogP contribution in [0.2, 0.25) is 0 Å². The number of piperidine rings is 1. The van der Waals surface area contributed by atoms with E-state index in [4.69, 9.17) is 4.74 Å². The Labute approximate surface area is 122 Å². The highest BCUT2D eigenvalue weighted by atomic mass is 16.5. The van der Waals surface area contributed by atoms with E-state index < -0.39 is 0 Å². The number of hydrogen-bond donors (Lipinski definition) is 2. The molecular weight excluding hydrogens is 254 g/mol. The molecule has 0 aromatic heterocycles. The molecule has 2 aliphatic heterocycles. The summed E-state index contributed by atoms with van der Waals surface area (Å²) in [6.45, 7) is 10.7. The average molecular weight is 283 g/mol. The summed E-state index contributed by atoms with van der Waals surface area (Å²) in [7, 11) is 0. The number of nitrogens with one attached hydrogen (secondary N) is 2. The molecule has 2 heterocycles. The molecule has 2 fully saturated rings. The molecule has 5 nitrogen and oxygen atoms in total. The smallest absolute Gasteiger partial charge is 0.220 e. The molecule has 0 spiro atoms. The molecule has 1 amide bonds. The van der Waals surface area contributed by atoms with Gasteiger partial charge in [0.2, 0.25) is 5.91 Å². The van der Waals surface area contributed by atoms with Gasteiger partial charge < -0.3 is 15.4 Å². The molecule has 2 saturated heterocycles. The van der Waals surface area contributed by atoms with E-state index in [1.807, 2.05) is 0 Å². The number of amides is 1. The molecule has 116 valence electrons. The van der Waals surface area contributed by atoms with Crippen molar-refractivity contribution in [2.75, 3.05) is 45.9 Å². The third-order valence-electron chi connectivity index (χ3n) is 4.52. The fraction of sp³-hybridized carbons (Fsp3) is 0.933. The van der Waals surface area contributed by atoms with Gasteiger partial charge in [-0.05, 0) is 45.7 Å². The molecule has 5 heteroatoms. The van der Waals surface area contributed by atoms with Gasteiger partial charge in [-0.15, -0.1) is 0 Å². The largest absolute Gasteiger partial charge is 0.379 e. The van der Waals surface area contributed by atoms with Crippen LogP contribution in [0.15, 0.2) is 0 Å². The number of hydrogen-bond acceptors (Lipinski definition) is 4. The SMILES string of the molecule is CC(C)(CNC(=O)CC1CCNCC1)N1CCOCC1. The predicted molar refractivity (Wildman–Crippen MR) is 79.7 cm³/mol. The van der Waals surface area contributed by atoms with Crippen LogP contribution in [0.5, 0.6) is 0 Å². The Morgan fingerprint density at radius 1 is 1.30 bits per heavy atom. The number of rotatable bonds is 5. The van der Waals surface area contributed by atoms with E-state index in [-0.39, 0.29) is 11.4 Å². The number of morpholine rings is 1. The lowest BCUT2D eigenvalue weighted by Gasteiger charge is -2.41. The fourth-order valence-corrected chi connectivity index (χ4v) is 3.02. The first-order chi connectivity index (χ1) is 9.58. The number of carbonyl (C=O) groups excluding carboxylic acids is 1. The van der Waals surface area contributed by atoms with Crippen molar-refractivity contribution in [3.05, 3.63) is 0 Å². The summed E-state index contributed by atoms with van der Waals surface area (Å²) in [5, 5.41) is 6.46. The van der Waals surface area contributed by atoms with Crippen LogP contribution in [-0.4, -0.2) is 62.3 Å². The van der Waals surface area contributed by atoms with E-state index in [0.29, 0.717) is 12.3 Å². The topological polar surface area (TPSA) is 53.6 Å². The molecule has 2 N–H and O–H groups in total. The summed E-state index contributed by atoms with van der Waals surface area (Å²) in [4.78, 5) is 14.5. The van der Waals surface area contributed by atoms with Crippen LogP contribution in [-0.2, 0) is 9.53 Å². The fourth-order valence-electron chi connectivity index (χ4n) is 3.02. The third-order valence-corrected chi connectivity index (χ3v) is 4.52. The van der Waals surface area contributed by atoms with Gasteiger partial charge in [0.15, 0.2) is 0 Å². The molecule has 0 aliphatic carbocycles. The molecule has 0 unspecified atom stereocenters. The van der Waals surface area contributed by atoms with Crippen molar-refractivity contribution in [2.45, 2.75) is 38.6 Å². The van der Waals surface area contributed by atoms with E-state index in [1.165, 1.54) is 0 Å². The van der Waals surface area contributed by atoms with Gasteiger partial charge >= 0.3 is 0 Å². The highest BCUT2D eigenvalue weighted by molar-refractivity contribution is 5.76. The number of ether oxygens (including phenoxy) is 1. The van der Waals surface area contributed by atoms with Gasteiger partial charge in [-0.3, -0.25) is 9.69 Å².